The maximum atomic E-state index is 11.3. The van der Waals surface area contributed by atoms with Gasteiger partial charge in [-0.2, -0.15) is 0 Å². The van der Waals surface area contributed by atoms with E-state index in [4.69, 9.17) is 17.3 Å². The number of carbonyl (C=O) groups is 1. The van der Waals surface area contributed by atoms with E-state index in [2.05, 4.69) is 4.74 Å². The number of nitrogens with two attached hydrogens (primary N) is 1. The molecule has 0 saturated heterocycles. The van der Waals surface area contributed by atoms with Crippen molar-refractivity contribution >= 4 is 35.0 Å². The summed E-state index contributed by atoms with van der Waals surface area (Å²) in [6, 6.07) is 12.7. The first-order valence-corrected chi connectivity index (χ1v) is 6.71. The molecule has 0 spiro atoms. The summed E-state index contributed by atoms with van der Waals surface area (Å²) in [7, 11) is 1.36. The van der Waals surface area contributed by atoms with Crippen molar-refractivity contribution in [2.45, 2.75) is 9.79 Å². The zero-order valence-electron chi connectivity index (χ0n) is 10.2. The first kappa shape index (κ1) is 13.8. The van der Waals surface area contributed by atoms with Gasteiger partial charge in [-0.1, -0.05) is 23.4 Å². The van der Waals surface area contributed by atoms with Crippen LogP contribution in [0.15, 0.2) is 52.3 Å². The van der Waals surface area contributed by atoms with Crippen molar-refractivity contribution in [1.82, 2.24) is 0 Å². The molecule has 2 aromatic rings. The summed E-state index contributed by atoms with van der Waals surface area (Å²) in [6.07, 6.45) is 0. The maximum absolute atomic E-state index is 11.3. The zero-order chi connectivity index (χ0) is 13.8. The summed E-state index contributed by atoms with van der Waals surface area (Å²) in [4.78, 5) is 13.3. The van der Waals surface area contributed by atoms with Crippen LogP contribution in [0.4, 0.5) is 5.69 Å². The smallest absolute Gasteiger partial charge is 0.337 e. The van der Waals surface area contributed by atoms with Gasteiger partial charge >= 0.3 is 5.97 Å². The molecule has 2 rings (SSSR count). The normalized spacial score (nSPS) is 10.2. The Morgan fingerprint density at radius 3 is 2.37 bits per heavy atom. The third-order valence-corrected chi connectivity index (χ3v) is 3.82. The van der Waals surface area contributed by atoms with Crippen LogP contribution in [0, 0.1) is 0 Å². The molecule has 0 unspecified atom stereocenters. The van der Waals surface area contributed by atoms with Crippen LogP contribution in [0.2, 0.25) is 5.02 Å². The Hall–Kier alpha value is -1.65. The number of esters is 1. The van der Waals surface area contributed by atoms with E-state index in [9.17, 15) is 4.79 Å². The second-order valence-corrected chi connectivity index (χ2v) is 5.36. The van der Waals surface area contributed by atoms with Crippen LogP contribution in [-0.2, 0) is 4.74 Å². The summed E-state index contributed by atoms with van der Waals surface area (Å²) in [5.74, 6) is -0.340. The number of nitrogen functional groups attached to an aromatic ring is 1. The molecule has 0 heterocycles. The van der Waals surface area contributed by atoms with Gasteiger partial charge in [-0.3, -0.25) is 0 Å². The van der Waals surface area contributed by atoms with Crippen molar-refractivity contribution in [1.29, 1.82) is 0 Å². The lowest BCUT2D eigenvalue weighted by Crippen LogP contribution is -2.00. The summed E-state index contributed by atoms with van der Waals surface area (Å²) in [6.45, 7) is 0. The van der Waals surface area contributed by atoms with Crippen LogP contribution in [0.25, 0.3) is 0 Å². The highest BCUT2D eigenvalue weighted by Crippen LogP contribution is 2.31. The van der Waals surface area contributed by atoms with Crippen molar-refractivity contribution in [3.63, 3.8) is 0 Å². The van der Waals surface area contributed by atoms with Gasteiger partial charge < -0.3 is 10.5 Å². The monoisotopic (exact) mass is 293 g/mol. The molecule has 98 valence electrons. The Morgan fingerprint density at radius 1 is 1.16 bits per heavy atom. The van der Waals surface area contributed by atoms with Crippen molar-refractivity contribution in [2.24, 2.45) is 0 Å². The topological polar surface area (TPSA) is 52.3 Å². The van der Waals surface area contributed by atoms with E-state index in [0.29, 0.717) is 16.3 Å². The summed E-state index contributed by atoms with van der Waals surface area (Å²) < 4.78 is 4.65. The van der Waals surface area contributed by atoms with E-state index in [0.717, 1.165) is 9.79 Å². The third kappa shape index (κ3) is 3.43. The van der Waals surface area contributed by atoms with Gasteiger partial charge in [0.2, 0.25) is 0 Å². The Bertz CT molecular complexity index is 599. The standard InChI is InChI=1S/C14H12ClNO2S/c1-18-14(17)9-2-4-10(5-3-9)19-11-6-7-12(15)13(16)8-11/h2-8H,16H2,1H3. The molecule has 0 radical (unpaired) electrons. The van der Waals surface area contributed by atoms with Crippen molar-refractivity contribution in [3.05, 3.63) is 53.1 Å². The van der Waals surface area contributed by atoms with E-state index in [1.165, 1.54) is 7.11 Å². The Labute approximate surface area is 120 Å². The number of halogens is 1. The molecule has 2 N–H and O–H groups in total. The number of benzene rings is 2. The van der Waals surface area contributed by atoms with E-state index < -0.39 is 0 Å². The molecule has 0 atom stereocenters. The van der Waals surface area contributed by atoms with Crippen molar-refractivity contribution < 1.29 is 9.53 Å². The number of anilines is 1. The average molecular weight is 294 g/mol. The minimum atomic E-state index is -0.340. The number of hydrogen-bond acceptors (Lipinski definition) is 4. The van der Waals surface area contributed by atoms with Crippen molar-refractivity contribution in [3.8, 4) is 0 Å². The minimum Gasteiger partial charge on any atom is -0.465 e. The van der Waals surface area contributed by atoms with Gasteiger partial charge in [-0.15, -0.1) is 0 Å². The first-order chi connectivity index (χ1) is 9.10. The van der Waals surface area contributed by atoms with E-state index >= 15 is 0 Å². The van der Waals surface area contributed by atoms with Gasteiger partial charge in [0.05, 0.1) is 23.4 Å². The van der Waals surface area contributed by atoms with Gasteiger partial charge in [-0.05, 0) is 42.5 Å². The number of ether oxygens (including phenoxy) is 1. The third-order valence-electron chi connectivity index (χ3n) is 2.48. The van der Waals surface area contributed by atoms with Crippen LogP contribution >= 0.6 is 23.4 Å². The predicted octanol–water partition coefficient (Wildman–Crippen LogP) is 3.86. The molecule has 19 heavy (non-hydrogen) atoms. The largest absolute Gasteiger partial charge is 0.465 e. The average Bonchev–Trinajstić information content (AvgIpc) is 2.43. The molecule has 0 aliphatic rings. The Morgan fingerprint density at radius 2 is 1.79 bits per heavy atom. The number of hydrogen-bond donors (Lipinski definition) is 1. The quantitative estimate of drug-likeness (QED) is 0.689. The van der Waals surface area contributed by atoms with E-state index in [-0.39, 0.29) is 5.97 Å². The number of methoxy groups -OCH3 is 1. The maximum Gasteiger partial charge on any atom is 0.337 e. The summed E-state index contributed by atoms with van der Waals surface area (Å²) in [5, 5.41) is 0.547. The molecule has 0 amide bonds. The summed E-state index contributed by atoms with van der Waals surface area (Å²) in [5.41, 5.74) is 6.83. The fourth-order valence-corrected chi connectivity index (χ4v) is 2.48. The second-order valence-electron chi connectivity index (χ2n) is 3.80. The molecular formula is C14H12ClNO2S. The molecule has 0 fully saturated rings. The minimum absolute atomic E-state index is 0.340. The molecular weight excluding hydrogens is 282 g/mol. The van der Waals surface area contributed by atoms with Crippen molar-refractivity contribution in [2.75, 3.05) is 12.8 Å². The van der Waals surface area contributed by atoms with Crippen LogP contribution < -0.4 is 5.73 Å². The molecule has 0 saturated carbocycles. The molecule has 3 nitrogen and oxygen atoms in total. The molecule has 5 heteroatoms. The van der Waals surface area contributed by atoms with Gasteiger partial charge in [0.15, 0.2) is 0 Å². The van der Waals surface area contributed by atoms with E-state index in [1.807, 2.05) is 24.3 Å². The Kier molecular flexibility index (Phi) is 4.35. The Balaban J connectivity index is 2.15. The summed E-state index contributed by atoms with van der Waals surface area (Å²) >= 11 is 7.42. The highest BCUT2D eigenvalue weighted by molar-refractivity contribution is 7.99. The fraction of sp³-hybridized carbons (Fsp3) is 0.0714. The van der Waals surface area contributed by atoms with E-state index in [1.54, 1.807) is 30.0 Å². The lowest BCUT2D eigenvalue weighted by molar-refractivity contribution is 0.0600. The first-order valence-electron chi connectivity index (χ1n) is 5.51. The van der Waals surface area contributed by atoms with Gasteiger partial charge in [-0.25, -0.2) is 4.79 Å². The lowest BCUT2D eigenvalue weighted by Gasteiger charge is -2.05. The zero-order valence-corrected chi connectivity index (χ0v) is 11.8. The molecule has 0 aliphatic carbocycles. The fourth-order valence-electron chi connectivity index (χ4n) is 1.50. The van der Waals surface area contributed by atoms with Crippen LogP contribution in [0.5, 0.6) is 0 Å². The van der Waals surface area contributed by atoms with Crippen LogP contribution in [0.1, 0.15) is 10.4 Å². The second kappa shape index (κ2) is 5.99. The highest BCUT2D eigenvalue weighted by Gasteiger charge is 2.05. The predicted molar refractivity (Wildman–Crippen MR) is 77.8 cm³/mol. The van der Waals surface area contributed by atoms with Gasteiger partial charge in [0.1, 0.15) is 0 Å². The molecule has 0 bridgehead atoms. The lowest BCUT2D eigenvalue weighted by atomic mass is 10.2. The van der Waals surface area contributed by atoms with Crippen LogP contribution in [-0.4, -0.2) is 13.1 Å². The number of carbonyl (C=O) groups excluding carboxylic acids is 1. The van der Waals surface area contributed by atoms with Gasteiger partial charge in [0.25, 0.3) is 0 Å². The van der Waals surface area contributed by atoms with Gasteiger partial charge in [0, 0.05) is 9.79 Å². The number of rotatable bonds is 3. The molecule has 2 aromatic carbocycles. The molecule has 0 aliphatic heterocycles. The molecule has 0 aromatic heterocycles. The SMILES string of the molecule is COC(=O)c1ccc(Sc2ccc(Cl)c(N)c2)cc1. The highest BCUT2D eigenvalue weighted by atomic mass is 35.5. The van der Waals surface area contributed by atoms with Crippen LogP contribution in [0.3, 0.4) is 0 Å².